The second kappa shape index (κ2) is 8.27. The largest absolute Gasteiger partial charge is 0.342 e. The zero-order chi connectivity index (χ0) is 13.4. The topological polar surface area (TPSA) is 33.7 Å². The van der Waals surface area contributed by atoms with Gasteiger partial charge in [-0.25, -0.2) is 0 Å². The minimum atomic E-state index is -0.647. The van der Waals surface area contributed by atoms with Crippen LogP contribution in [0.1, 0.15) is 27.7 Å². The summed E-state index contributed by atoms with van der Waals surface area (Å²) in [7, 11) is -0.647. The monoisotopic (exact) mass is 273 g/mol. The summed E-state index contributed by atoms with van der Waals surface area (Å²) in [6, 6.07) is 2.48. The molecule has 1 fully saturated rings. The first-order valence-electron chi connectivity index (χ1n) is 7.32. The second-order valence-electron chi connectivity index (χ2n) is 4.54. The third-order valence-electron chi connectivity index (χ3n) is 3.57. The summed E-state index contributed by atoms with van der Waals surface area (Å²) in [4.78, 5) is 2.48. The third kappa shape index (κ3) is 4.03. The van der Waals surface area contributed by atoms with Crippen molar-refractivity contribution in [1.82, 2.24) is 10.2 Å². The fourth-order valence-electron chi connectivity index (χ4n) is 2.54. The fourth-order valence-corrected chi connectivity index (χ4v) is 5.54. The fraction of sp³-hybridized carbons (Fsp3) is 1.00. The van der Waals surface area contributed by atoms with Crippen LogP contribution in [0.25, 0.3) is 0 Å². The van der Waals surface area contributed by atoms with Crippen LogP contribution in [0, 0.1) is 0 Å². The first kappa shape index (κ1) is 16.1. The number of nitrogens with one attached hydrogen (secondary N) is 1. The third-order valence-corrected chi connectivity index (χ3v) is 6.65. The smallest absolute Gasteiger partial charge is 0.202 e. The summed E-state index contributed by atoms with van der Waals surface area (Å²) < 4.78 is 11.9. The molecular formula is C13H29N2O2Si. The lowest BCUT2D eigenvalue weighted by Crippen LogP contribution is -2.55. The van der Waals surface area contributed by atoms with Crippen LogP contribution in [0.3, 0.4) is 0 Å². The summed E-state index contributed by atoms with van der Waals surface area (Å²) >= 11 is 0. The Morgan fingerprint density at radius 1 is 1.11 bits per heavy atom. The zero-order valence-corrected chi connectivity index (χ0v) is 13.4. The molecule has 1 radical (unpaired) electrons. The Morgan fingerprint density at radius 2 is 1.72 bits per heavy atom. The SMILES string of the molecule is CCOC1(OCC)NCC[Si]1CCN(CC)CC. The van der Waals surface area contributed by atoms with Crippen molar-refractivity contribution in [3.05, 3.63) is 0 Å². The minimum Gasteiger partial charge on any atom is -0.342 e. The Morgan fingerprint density at radius 3 is 2.22 bits per heavy atom. The molecule has 0 aliphatic carbocycles. The summed E-state index contributed by atoms with van der Waals surface area (Å²) in [6.07, 6.45) is 0. The molecule has 1 saturated heterocycles. The van der Waals surface area contributed by atoms with Crippen molar-refractivity contribution in [2.24, 2.45) is 0 Å². The van der Waals surface area contributed by atoms with Gasteiger partial charge in [-0.15, -0.1) is 0 Å². The highest BCUT2D eigenvalue weighted by atomic mass is 28.3. The highest BCUT2D eigenvalue weighted by Crippen LogP contribution is 2.25. The lowest BCUT2D eigenvalue weighted by Gasteiger charge is -2.34. The molecule has 1 aliphatic rings. The highest BCUT2D eigenvalue weighted by molar-refractivity contribution is 6.62. The molecule has 0 aromatic heterocycles. The van der Waals surface area contributed by atoms with Crippen LogP contribution in [0.2, 0.25) is 12.1 Å². The van der Waals surface area contributed by atoms with E-state index in [1.165, 1.54) is 18.6 Å². The lowest BCUT2D eigenvalue weighted by molar-refractivity contribution is -0.191. The molecule has 18 heavy (non-hydrogen) atoms. The Balaban J connectivity index is 2.55. The quantitative estimate of drug-likeness (QED) is 0.512. The van der Waals surface area contributed by atoms with Crippen LogP contribution in [0.15, 0.2) is 0 Å². The molecular weight excluding hydrogens is 244 g/mol. The summed E-state index contributed by atoms with van der Waals surface area (Å²) in [5.41, 5.74) is -0.429. The van der Waals surface area contributed by atoms with Gasteiger partial charge in [-0.05, 0) is 52.1 Å². The molecule has 0 saturated carbocycles. The van der Waals surface area contributed by atoms with Gasteiger partial charge in [0.2, 0.25) is 5.53 Å². The molecule has 0 aromatic rings. The van der Waals surface area contributed by atoms with E-state index in [9.17, 15) is 0 Å². The highest BCUT2D eigenvalue weighted by Gasteiger charge is 2.45. The van der Waals surface area contributed by atoms with Crippen LogP contribution < -0.4 is 5.32 Å². The molecule has 0 aromatic carbocycles. The van der Waals surface area contributed by atoms with E-state index >= 15 is 0 Å². The van der Waals surface area contributed by atoms with E-state index in [2.05, 4.69) is 24.1 Å². The zero-order valence-electron chi connectivity index (χ0n) is 12.4. The number of rotatable bonds is 9. The van der Waals surface area contributed by atoms with E-state index in [1.54, 1.807) is 0 Å². The Kier molecular flexibility index (Phi) is 7.40. The van der Waals surface area contributed by atoms with Gasteiger partial charge in [-0.2, -0.15) is 0 Å². The average Bonchev–Trinajstić information content (AvgIpc) is 2.75. The first-order valence-corrected chi connectivity index (χ1v) is 9.24. The molecule has 1 rings (SSSR count). The normalized spacial score (nSPS) is 19.8. The van der Waals surface area contributed by atoms with Gasteiger partial charge in [0.25, 0.3) is 0 Å². The summed E-state index contributed by atoms with van der Waals surface area (Å²) in [5.74, 6) is 0. The van der Waals surface area contributed by atoms with Crippen molar-refractivity contribution < 1.29 is 9.47 Å². The molecule has 107 valence electrons. The van der Waals surface area contributed by atoms with Gasteiger partial charge in [0, 0.05) is 13.2 Å². The molecule has 5 heteroatoms. The van der Waals surface area contributed by atoms with E-state index in [0.717, 1.165) is 19.6 Å². The maximum Gasteiger partial charge on any atom is 0.202 e. The van der Waals surface area contributed by atoms with Gasteiger partial charge in [0.1, 0.15) is 8.80 Å². The first-order chi connectivity index (χ1) is 8.72. The van der Waals surface area contributed by atoms with E-state index in [-0.39, 0.29) is 0 Å². The van der Waals surface area contributed by atoms with Crippen LogP contribution in [0.4, 0.5) is 0 Å². The van der Waals surface area contributed by atoms with E-state index < -0.39 is 14.3 Å². The van der Waals surface area contributed by atoms with Gasteiger partial charge in [0.15, 0.2) is 0 Å². The molecule has 4 nitrogen and oxygen atoms in total. The van der Waals surface area contributed by atoms with E-state index in [4.69, 9.17) is 9.47 Å². The van der Waals surface area contributed by atoms with Crippen molar-refractivity contribution in [3.63, 3.8) is 0 Å². The summed E-state index contributed by atoms with van der Waals surface area (Å²) in [6.45, 7) is 14.5. The predicted molar refractivity (Wildman–Crippen MR) is 77.1 cm³/mol. The van der Waals surface area contributed by atoms with Crippen LogP contribution in [-0.2, 0) is 9.47 Å². The molecule has 0 spiro atoms. The van der Waals surface area contributed by atoms with Crippen molar-refractivity contribution in [1.29, 1.82) is 0 Å². The second-order valence-corrected chi connectivity index (χ2v) is 7.41. The van der Waals surface area contributed by atoms with Crippen molar-refractivity contribution in [3.8, 4) is 0 Å². The van der Waals surface area contributed by atoms with Gasteiger partial charge >= 0.3 is 0 Å². The molecule has 0 amide bonds. The molecule has 1 heterocycles. The van der Waals surface area contributed by atoms with Crippen molar-refractivity contribution in [2.45, 2.75) is 45.3 Å². The average molecular weight is 273 g/mol. The number of hydrogen-bond acceptors (Lipinski definition) is 4. The Bertz CT molecular complexity index is 219. The Labute approximate surface area is 114 Å². The molecule has 0 unspecified atom stereocenters. The standard InChI is InChI=1S/C13H29N2O2Si/c1-5-15(6-2)10-12-18-11-9-14-13(18,16-7-3)17-8-4/h14H,5-12H2,1-4H3. The van der Waals surface area contributed by atoms with Crippen LogP contribution in [0.5, 0.6) is 0 Å². The van der Waals surface area contributed by atoms with Crippen LogP contribution in [-0.4, -0.2) is 58.6 Å². The van der Waals surface area contributed by atoms with Gasteiger partial charge < -0.3 is 14.4 Å². The number of hydrogen-bond donors (Lipinski definition) is 1. The molecule has 0 bridgehead atoms. The van der Waals surface area contributed by atoms with Gasteiger partial charge in [-0.1, -0.05) is 13.8 Å². The minimum absolute atomic E-state index is 0.429. The maximum absolute atomic E-state index is 5.94. The van der Waals surface area contributed by atoms with Gasteiger partial charge in [0.05, 0.1) is 0 Å². The molecule has 0 atom stereocenters. The van der Waals surface area contributed by atoms with Crippen LogP contribution >= 0.6 is 0 Å². The number of ether oxygens (including phenoxy) is 2. The van der Waals surface area contributed by atoms with E-state index in [1.807, 2.05) is 13.8 Å². The van der Waals surface area contributed by atoms with Crippen molar-refractivity contribution >= 4 is 8.80 Å². The van der Waals surface area contributed by atoms with Crippen molar-refractivity contribution in [2.75, 3.05) is 39.4 Å². The predicted octanol–water partition coefficient (Wildman–Crippen LogP) is 1.69. The van der Waals surface area contributed by atoms with E-state index in [0.29, 0.717) is 13.2 Å². The summed E-state index contributed by atoms with van der Waals surface area (Å²) in [5, 5.41) is 3.46. The van der Waals surface area contributed by atoms with Gasteiger partial charge in [-0.3, -0.25) is 5.32 Å². The lowest BCUT2D eigenvalue weighted by atomic mass is 10.5. The molecule has 1 N–H and O–H groups in total. The maximum atomic E-state index is 5.94. The number of nitrogens with zero attached hydrogens (tertiary/aromatic N) is 1. The Hall–Kier alpha value is 0.0569. The molecule has 1 aliphatic heterocycles.